The zero-order valence-corrected chi connectivity index (χ0v) is 16.7. The molecule has 0 radical (unpaired) electrons. The second kappa shape index (κ2) is 10.4. The number of phenolic OH excluding ortho intramolecular Hbond substituents is 1. The predicted molar refractivity (Wildman–Crippen MR) is 117 cm³/mol. The summed E-state index contributed by atoms with van der Waals surface area (Å²) in [6.07, 6.45) is 4.43. The molecule has 0 bridgehead atoms. The fourth-order valence-corrected chi connectivity index (χ4v) is 2.54. The third-order valence-corrected chi connectivity index (χ3v) is 4.15. The number of nitrogens with one attached hydrogen (secondary N) is 1. The number of hydrogen-bond donors (Lipinski definition) is 2. The summed E-state index contributed by atoms with van der Waals surface area (Å²) in [5.74, 6) is -0.0426. The van der Waals surface area contributed by atoms with Gasteiger partial charge < -0.3 is 14.6 Å². The van der Waals surface area contributed by atoms with E-state index >= 15 is 0 Å². The van der Waals surface area contributed by atoms with Gasteiger partial charge in [-0.1, -0.05) is 24.3 Å². The summed E-state index contributed by atoms with van der Waals surface area (Å²) in [7, 11) is 1.59. The van der Waals surface area contributed by atoms with Crippen LogP contribution in [0.15, 0.2) is 84.0 Å². The van der Waals surface area contributed by atoms with Gasteiger partial charge in [-0.15, -0.1) is 0 Å². The van der Waals surface area contributed by atoms with Crippen LogP contribution in [0.5, 0.6) is 17.2 Å². The predicted octanol–water partition coefficient (Wildman–Crippen LogP) is 3.78. The first-order chi connectivity index (χ1) is 15.0. The van der Waals surface area contributed by atoms with Crippen molar-refractivity contribution in [3.8, 4) is 17.2 Å². The number of esters is 1. The SMILES string of the molecule is COc1ccc(/C=C/C(=O)Oc2ccc(/C=N/NC(=O)c3ccccc3O)cc2)cc1. The number of rotatable bonds is 7. The van der Waals surface area contributed by atoms with Crippen LogP contribution in [0.3, 0.4) is 0 Å². The number of methoxy groups -OCH3 is 1. The molecule has 3 aromatic rings. The molecule has 7 heteroatoms. The molecule has 156 valence electrons. The summed E-state index contributed by atoms with van der Waals surface area (Å²) in [6.45, 7) is 0. The highest BCUT2D eigenvalue weighted by molar-refractivity contribution is 5.97. The number of hydrogen-bond acceptors (Lipinski definition) is 6. The van der Waals surface area contributed by atoms with Crippen molar-refractivity contribution < 1.29 is 24.2 Å². The maximum Gasteiger partial charge on any atom is 0.336 e. The molecule has 0 aliphatic carbocycles. The number of hydrazone groups is 1. The number of carbonyl (C=O) groups excluding carboxylic acids is 2. The fourth-order valence-electron chi connectivity index (χ4n) is 2.54. The van der Waals surface area contributed by atoms with Crippen molar-refractivity contribution in [3.63, 3.8) is 0 Å². The number of aromatic hydroxyl groups is 1. The lowest BCUT2D eigenvalue weighted by Crippen LogP contribution is -2.17. The van der Waals surface area contributed by atoms with Gasteiger partial charge in [0.25, 0.3) is 5.91 Å². The van der Waals surface area contributed by atoms with Gasteiger partial charge in [0.05, 0.1) is 18.9 Å². The molecular formula is C24H20N2O5. The second-order valence-electron chi connectivity index (χ2n) is 6.31. The summed E-state index contributed by atoms with van der Waals surface area (Å²) in [5.41, 5.74) is 4.00. The van der Waals surface area contributed by atoms with Gasteiger partial charge in [0, 0.05) is 6.08 Å². The van der Waals surface area contributed by atoms with Crippen LogP contribution in [0, 0.1) is 0 Å². The maximum atomic E-state index is 12.0. The third kappa shape index (κ3) is 6.30. The smallest absolute Gasteiger partial charge is 0.336 e. The average Bonchev–Trinajstić information content (AvgIpc) is 2.79. The maximum absolute atomic E-state index is 12.0. The van der Waals surface area contributed by atoms with Gasteiger partial charge in [-0.3, -0.25) is 4.79 Å². The number of para-hydroxylation sites is 1. The average molecular weight is 416 g/mol. The first-order valence-electron chi connectivity index (χ1n) is 9.30. The molecule has 3 rings (SSSR count). The summed E-state index contributed by atoms with van der Waals surface area (Å²) in [5, 5.41) is 13.5. The largest absolute Gasteiger partial charge is 0.507 e. The van der Waals surface area contributed by atoms with E-state index in [0.717, 1.165) is 11.3 Å². The zero-order chi connectivity index (χ0) is 22.1. The summed E-state index contributed by atoms with van der Waals surface area (Å²) < 4.78 is 10.3. The zero-order valence-electron chi connectivity index (χ0n) is 16.7. The van der Waals surface area contributed by atoms with Crippen molar-refractivity contribution in [1.29, 1.82) is 0 Å². The normalized spacial score (nSPS) is 10.9. The number of nitrogens with zero attached hydrogens (tertiary/aromatic N) is 1. The Bertz CT molecular complexity index is 1100. The van der Waals surface area contributed by atoms with E-state index < -0.39 is 11.9 Å². The van der Waals surface area contributed by atoms with Gasteiger partial charge in [0.1, 0.15) is 17.2 Å². The molecule has 0 aliphatic rings. The minimum atomic E-state index is -0.524. The Kier molecular flexibility index (Phi) is 7.16. The third-order valence-electron chi connectivity index (χ3n) is 4.15. The Balaban J connectivity index is 1.51. The number of phenols is 1. The molecule has 1 amide bonds. The topological polar surface area (TPSA) is 97.2 Å². The van der Waals surface area contributed by atoms with Crippen LogP contribution in [0.2, 0.25) is 0 Å². The monoisotopic (exact) mass is 416 g/mol. The van der Waals surface area contributed by atoms with Crippen LogP contribution in [0.4, 0.5) is 0 Å². The molecule has 31 heavy (non-hydrogen) atoms. The quantitative estimate of drug-likeness (QED) is 0.201. The molecule has 0 heterocycles. The summed E-state index contributed by atoms with van der Waals surface area (Å²) in [4.78, 5) is 23.9. The van der Waals surface area contributed by atoms with Crippen molar-refractivity contribution in [2.45, 2.75) is 0 Å². The molecule has 0 fully saturated rings. The highest BCUT2D eigenvalue weighted by Crippen LogP contribution is 2.16. The lowest BCUT2D eigenvalue weighted by Gasteiger charge is -2.03. The molecule has 0 aromatic heterocycles. The van der Waals surface area contributed by atoms with Crippen LogP contribution in [0.25, 0.3) is 6.08 Å². The van der Waals surface area contributed by atoms with Crippen LogP contribution in [-0.4, -0.2) is 30.3 Å². The van der Waals surface area contributed by atoms with Crippen molar-refractivity contribution >= 4 is 24.2 Å². The Morgan fingerprint density at radius 2 is 1.55 bits per heavy atom. The van der Waals surface area contributed by atoms with E-state index in [0.29, 0.717) is 11.3 Å². The lowest BCUT2D eigenvalue weighted by molar-refractivity contribution is -0.128. The molecule has 3 aromatic carbocycles. The summed E-state index contributed by atoms with van der Waals surface area (Å²) in [6, 6.07) is 20.0. The molecule has 2 N–H and O–H groups in total. The number of carbonyl (C=O) groups is 2. The molecule has 0 saturated carbocycles. The van der Waals surface area contributed by atoms with Crippen LogP contribution < -0.4 is 14.9 Å². The van der Waals surface area contributed by atoms with E-state index in [1.54, 1.807) is 61.7 Å². The first kappa shape index (κ1) is 21.3. The summed E-state index contributed by atoms with van der Waals surface area (Å²) >= 11 is 0. The molecule has 7 nitrogen and oxygen atoms in total. The van der Waals surface area contributed by atoms with Gasteiger partial charge in [-0.2, -0.15) is 5.10 Å². The Labute approximate surface area is 179 Å². The number of benzene rings is 3. The fraction of sp³-hybridized carbons (Fsp3) is 0.0417. The van der Waals surface area contributed by atoms with Gasteiger partial charge in [0.15, 0.2) is 0 Å². The highest BCUT2D eigenvalue weighted by Gasteiger charge is 2.08. The van der Waals surface area contributed by atoms with Gasteiger partial charge >= 0.3 is 5.97 Å². The minimum absolute atomic E-state index is 0.123. The van der Waals surface area contributed by atoms with Gasteiger partial charge in [0.2, 0.25) is 0 Å². The molecular weight excluding hydrogens is 396 g/mol. The Morgan fingerprint density at radius 3 is 2.23 bits per heavy atom. The van der Waals surface area contributed by atoms with E-state index in [1.165, 1.54) is 24.4 Å². The van der Waals surface area contributed by atoms with E-state index in [1.807, 2.05) is 12.1 Å². The van der Waals surface area contributed by atoms with Crippen molar-refractivity contribution in [3.05, 3.63) is 95.6 Å². The Morgan fingerprint density at radius 1 is 0.903 bits per heavy atom. The Hall–Kier alpha value is -4.39. The van der Waals surface area contributed by atoms with E-state index in [-0.39, 0.29) is 11.3 Å². The second-order valence-corrected chi connectivity index (χ2v) is 6.31. The lowest BCUT2D eigenvalue weighted by atomic mass is 10.2. The van der Waals surface area contributed by atoms with Crippen molar-refractivity contribution in [2.75, 3.05) is 7.11 Å². The van der Waals surface area contributed by atoms with E-state index in [9.17, 15) is 14.7 Å². The van der Waals surface area contributed by atoms with Gasteiger partial charge in [-0.05, 0) is 65.7 Å². The van der Waals surface area contributed by atoms with Crippen molar-refractivity contribution in [1.82, 2.24) is 5.43 Å². The molecule has 0 saturated heterocycles. The highest BCUT2D eigenvalue weighted by atomic mass is 16.5. The first-order valence-corrected chi connectivity index (χ1v) is 9.30. The molecule has 0 aliphatic heterocycles. The number of amides is 1. The molecule has 0 spiro atoms. The standard InChI is InChI=1S/C24H20N2O5/c1-30-19-11-6-17(7-12-19)10-15-23(28)31-20-13-8-18(9-14-20)16-25-26-24(29)21-4-2-3-5-22(21)27/h2-16,27H,1H3,(H,26,29)/b15-10+,25-16+. The van der Waals surface area contributed by atoms with E-state index in [4.69, 9.17) is 9.47 Å². The van der Waals surface area contributed by atoms with Crippen molar-refractivity contribution in [2.24, 2.45) is 5.10 Å². The van der Waals surface area contributed by atoms with Crippen LogP contribution in [0.1, 0.15) is 21.5 Å². The van der Waals surface area contributed by atoms with E-state index in [2.05, 4.69) is 10.5 Å². The van der Waals surface area contributed by atoms with Crippen LogP contribution >= 0.6 is 0 Å². The molecule has 0 unspecified atom stereocenters. The molecule has 0 atom stereocenters. The van der Waals surface area contributed by atoms with Crippen LogP contribution in [-0.2, 0) is 4.79 Å². The minimum Gasteiger partial charge on any atom is -0.507 e. The van der Waals surface area contributed by atoms with Gasteiger partial charge in [-0.25, -0.2) is 10.2 Å². The number of ether oxygens (including phenoxy) is 2.